The van der Waals surface area contributed by atoms with Gasteiger partial charge in [0, 0.05) is 0 Å². The van der Waals surface area contributed by atoms with Crippen LogP contribution in [0.1, 0.15) is 0 Å². The maximum Gasteiger partial charge on any atom is 0.201 e. The Morgan fingerprint density at radius 1 is 1.27 bits per heavy atom. The van der Waals surface area contributed by atoms with Crippen LogP contribution in [-0.2, 0) is 0 Å². The fourth-order valence-electron chi connectivity index (χ4n) is 0.534. The molecule has 0 radical (unpaired) electrons. The summed E-state index contributed by atoms with van der Waals surface area (Å²) in [7, 11) is 0. The molecule has 1 rings (SSSR count). The average Bonchev–Trinajstić information content (AvgIpc) is 2.03. The minimum absolute atomic E-state index is 0.494. The largest absolute Gasteiger partial charge is 0.310 e. The van der Waals surface area contributed by atoms with Crippen LogP contribution in [0.4, 0.5) is 0 Å². The summed E-state index contributed by atoms with van der Waals surface area (Å²) in [4.78, 5) is 11.0. The van der Waals surface area contributed by atoms with Crippen LogP contribution in [0.2, 0.25) is 0 Å². The number of nitrogens with zero attached hydrogens (tertiary/aromatic N) is 2. The topological polar surface area (TPSA) is 41.6 Å². The predicted octanol–water partition coefficient (Wildman–Crippen LogP) is 1.98. The fraction of sp³-hybridized carbons (Fsp3) is 0.400. The van der Waals surface area contributed by atoms with E-state index in [1.54, 1.807) is 0 Å². The van der Waals surface area contributed by atoms with Gasteiger partial charge in [0.15, 0.2) is 10.3 Å². The van der Waals surface area contributed by atoms with Gasteiger partial charge in [0.05, 0.1) is 0 Å². The lowest BCUT2D eigenvalue weighted by atomic mass is 11.1. The van der Waals surface area contributed by atoms with Crippen molar-refractivity contribution >= 4 is 35.7 Å². The van der Waals surface area contributed by atoms with E-state index in [0.717, 1.165) is 10.3 Å². The van der Waals surface area contributed by atoms with Crippen molar-refractivity contribution in [2.75, 3.05) is 12.5 Å². The Morgan fingerprint density at radius 3 is 2.55 bits per heavy atom. The lowest BCUT2D eigenvalue weighted by Gasteiger charge is -1.96. The molecule has 1 aromatic heterocycles. The van der Waals surface area contributed by atoms with Crippen molar-refractivity contribution in [3.63, 3.8) is 0 Å². The summed E-state index contributed by atoms with van der Waals surface area (Å²) in [6.45, 7) is 0. The van der Waals surface area contributed by atoms with Gasteiger partial charge in [-0.05, 0) is 24.7 Å². The van der Waals surface area contributed by atoms with Gasteiger partial charge in [0.1, 0.15) is 0 Å². The first-order valence-electron chi connectivity index (χ1n) is 2.82. The summed E-state index contributed by atoms with van der Waals surface area (Å²) in [5.74, 6) is 0. The molecule has 0 spiro atoms. The lowest BCUT2D eigenvalue weighted by Crippen LogP contribution is -1.92. The summed E-state index contributed by atoms with van der Waals surface area (Å²) >= 11 is 7.90. The van der Waals surface area contributed by atoms with Gasteiger partial charge >= 0.3 is 0 Å². The minimum atomic E-state index is 0.494. The molecule has 0 aromatic carbocycles. The molecule has 0 saturated heterocycles. The smallest absolute Gasteiger partial charge is 0.201 e. The molecule has 6 heteroatoms. The van der Waals surface area contributed by atoms with E-state index in [2.05, 4.69) is 15.0 Å². The van der Waals surface area contributed by atoms with E-state index >= 15 is 0 Å². The summed E-state index contributed by atoms with van der Waals surface area (Å²) in [6, 6.07) is 0. The Hall–Kier alpha value is -0.0700. The van der Waals surface area contributed by atoms with Gasteiger partial charge in [-0.15, -0.1) is 0 Å². The molecule has 0 aliphatic rings. The molecule has 3 nitrogen and oxygen atoms in total. The number of hydrogen-bond acceptors (Lipinski definition) is 5. The van der Waals surface area contributed by atoms with Crippen LogP contribution in [0.5, 0.6) is 0 Å². The van der Waals surface area contributed by atoms with Gasteiger partial charge in [-0.1, -0.05) is 23.5 Å². The zero-order valence-electron chi connectivity index (χ0n) is 6.12. The van der Waals surface area contributed by atoms with Crippen molar-refractivity contribution < 1.29 is 0 Å². The van der Waals surface area contributed by atoms with E-state index in [9.17, 15) is 0 Å². The van der Waals surface area contributed by atoms with Crippen LogP contribution in [0.15, 0.2) is 10.3 Å². The summed E-state index contributed by atoms with van der Waals surface area (Å²) in [6.07, 6.45) is 3.87. The van der Waals surface area contributed by atoms with Crippen LogP contribution < -0.4 is 0 Å². The number of aromatic amines is 1. The molecule has 11 heavy (non-hydrogen) atoms. The number of nitrogens with one attached hydrogen (secondary N) is 1. The number of H-pyrrole nitrogens is 1. The third kappa shape index (κ3) is 2.46. The van der Waals surface area contributed by atoms with Gasteiger partial charge in [0.25, 0.3) is 0 Å². The molecule has 1 heterocycles. The van der Waals surface area contributed by atoms with Crippen LogP contribution in [0.25, 0.3) is 0 Å². The Bertz CT molecular complexity index is 270. The summed E-state index contributed by atoms with van der Waals surface area (Å²) in [5.41, 5.74) is 0. The first kappa shape index (κ1) is 9.02. The standard InChI is InChI=1S/C5H7N3S3/c1-10-4-6-3(9)7-5(8-4)11-2/h1-2H3,(H,6,7,8,9). The first-order valence-corrected chi connectivity index (χ1v) is 5.68. The number of thioether (sulfide) groups is 2. The quantitative estimate of drug-likeness (QED) is 0.590. The maximum atomic E-state index is 4.89. The zero-order valence-corrected chi connectivity index (χ0v) is 8.57. The minimum Gasteiger partial charge on any atom is -0.310 e. The second kappa shape index (κ2) is 4.08. The van der Waals surface area contributed by atoms with E-state index in [-0.39, 0.29) is 0 Å². The van der Waals surface area contributed by atoms with Crippen LogP contribution in [-0.4, -0.2) is 27.5 Å². The highest BCUT2D eigenvalue weighted by molar-refractivity contribution is 7.99. The van der Waals surface area contributed by atoms with Crippen LogP contribution >= 0.6 is 35.7 Å². The molecule has 0 aliphatic heterocycles. The predicted molar refractivity (Wildman–Crippen MR) is 50.8 cm³/mol. The monoisotopic (exact) mass is 205 g/mol. The SMILES string of the molecule is CSc1nc(SC)[nH]c(=S)n1. The van der Waals surface area contributed by atoms with Crippen molar-refractivity contribution in [2.24, 2.45) is 0 Å². The van der Waals surface area contributed by atoms with E-state index in [1.807, 2.05) is 12.5 Å². The Labute approximate surface area is 78.4 Å². The van der Waals surface area contributed by atoms with E-state index in [1.165, 1.54) is 23.5 Å². The molecule has 60 valence electrons. The Morgan fingerprint density at radius 2 is 2.00 bits per heavy atom. The first-order chi connectivity index (χ1) is 5.26. The summed E-state index contributed by atoms with van der Waals surface area (Å²) in [5, 5.41) is 1.53. The van der Waals surface area contributed by atoms with Crippen molar-refractivity contribution in [1.29, 1.82) is 0 Å². The van der Waals surface area contributed by atoms with Gasteiger partial charge < -0.3 is 4.98 Å². The zero-order chi connectivity index (χ0) is 8.27. The molecule has 0 saturated carbocycles. The third-order valence-electron chi connectivity index (χ3n) is 0.984. The average molecular weight is 205 g/mol. The van der Waals surface area contributed by atoms with Gasteiger partial charge in [-0.3, -0.25) is 0 Å². The second-order valence-electron chi connectivity index (χ2n) is 1.65. The van der Waals surface area contributed by atoms with Crippen LogP contribution in [0, 0.1) is 4.77 Å². The highest BCUT2D eigenvalue weighted by atomic mass is 32.2. The molecule has 0 fully saturated rings. The third-order valence-corrected chi connectivity index (χ3v) is 2.31. The highest BCUT2D eigenvalue weighted by Crippen LogP contribution is 2.12. The van der Waals surface area contributed by atoms with E-state index in [4.69, 9.17) is 12.2 Å². The molecular weight excluding hydrogens is 198 g/mol. The van der Waals surface area contributed by atoms with Gasteiger partial charge in [-0.25, -0.2) is 0 Å². The molecule has 0 aliphatic carbocycles. The highest BCUT2D eigenvalue weighted by Gasteiger charge is 1.96. The number of hydrogen-bond donors (Lipinski definition) is 1. The molecule has 0 amide bonds. The second-order valence-corrected chi connectivity index (χ2v) is 3.60. The Kier molecular flexibility index (Phi) is 3.35. The molecule has 0 atom stereocenters. The normalized spacial score (nSPS) is 10.0. The fourth-order valence-corrected chi connectivity index (χ4v) is 1.64. The van der Waals surface area contributed by atoms with Crippen molar-refractivity contribution in [2.45, 2.75) is 10.3 Å². The maximum absolute atomic E-state index is 4.89. The molecule has 1 aromatic rings. The molecule has 1 N–H and O–H groups in total. The molecule has 0 bridgehead atoms. The number of aromatic nitrogens is 3. The van der Waals surface area contributed by atoms with Gasteiger partial charge in [-0.2, -0.15) is 9.97 Å². The van der Waals surface area contributed by atoms with Crippen molar-refractivity contribution in [1.82, 2.24) is 15.0 Å². The van der Waals surface area contributed by atoms with Crippen LogP contribution in [0.3, 0.4) is 0 Å². The van der Waals surface area contributed by atoms with Gasteiger partial charge in [0.2, 0.25) is 4.77 Å². The number of rotatable bonds is 2. The Balaban J connectivity index is 3.12. The molecular formula is C5H7N3S3. The van der Waals surface area contributed by atoms with E-state index < -0.39 is 0 Å². The lowest BCUT2D eigenvalue weighted by molar-refractivity contribution is 0.790. The molecule has 0 unspecified atom stereocenters. The summed E-state index contributed by atoms with van der Waals surface area (Å²) < 4.78 is 0.494. The van der Waals surface area contributed by atoms with E-state index in [0.29, 0.717) is 4.77 Å². The van der Waals surface area contributed by atoms with Crippen molar-refractivity contribution in [3.05, 3.63) is 4.77 Å². The van der Waals surface area contributed by atoms with Crippen molar-refractivity contribution in [3.8, 4) is 0 Å².